The molecular weight excluding hydrogens is 411 g/mol. The number of aromatic amines is 1. The topological polar surface area (TPSA) is 96.8 Å². The molecule has 0 aliphatic carbocycles. The van der Waals surface area contributed by atoms with Crippen molar-refractivity contribution in [3.8, 4) is 5.69 Å². The zero-order valence-corrected chi connectivity index (χ0v) is 17.2. The molecule has 1 amide bonds. The molecule has 0 spiro atoms. The van der Waals surface area contributed by atoms with Crippen LogP contribution in [0.15, 0.2) is 59.5 Å². The van der Waals surface area contributed by atoms with Gasteiger partial charge in [0.15, 0.2) is 0 Å². The van der Waals surface area contributed by atoms with Crippen LogP contribution in [0.5, 0.6) is 0 Å². The van der Waals surface area contributed by atoms with Crippen molar-refractivity contribution in [2.24, 2.45) is 5.92 Å². The Morgan fingerprint density at radius 1 is 1.06 bits per heavy atom. The minimum absolute atomic E-state index is 0.135. The number of nitrogens with zero attached hydrogens (tertiary/aromatic N) is 5. The number of piperidine rings is 1. The molecule has 1 aliphatic rings. The Bertz CT molecular complexity index is 1340. The van der Waals surface area contributed by atoms with Gasteiger partial charge in [0, 0.05) is 19.5 Å². The second kappa shape index (κ2) is 8.33. The molecule has 1 saturated heterocycles. The highest BCUT2D eigenvalue weighted by atomic mass is 19.1. The summed E-state index contributed by atoms with van der Waals surface area (Å²) in [4.78, 5) is 35.7. The van der Waals surface area contributed by atoms with Crippen LogP contribution in [-0.4, -0.2) is 48.6 Å². The summed E-state index contributed by atoms with van der Waals surface area (Å²) in [6, 6.07) is 13.6. The first-order valence-electron chi connectivity index (χ1n) is 10.5. The van der Waals surface area contributed by atoms with Crippen molar-refractivity contribution in [2.45, 2.75) is 19.3 Å². The van der Waals surface area contributed by atoms with Crippen molar-refractivity contribution in [1.29, 1.82) is 0 Å². The fourth-order valence-corrected chi connectivity index (χ4v) is 4.17. The first-order chi connectivity index (χ1) is 15.6. The first-order valence-corrected chi connectivity index (χ1v) is 10.5. The Labute approximate surface area is 182 Å². The maximum Gasteiger partial charge on any atom is 0.348 e. The van der Waals surface area contributed by atoms with E-state index in [-0.39, 0.29) is 17.5 Å². The van der Waals surface area contributed by atoms with Gasteiger partial charge in [-0.05, 0) is 43.0 Å². The molecule has 3 heterocycles. The lowest BCUT2D eigenvalue weighted by Crippen LogP contribution is -2.39. The number of hydrogen-bond acceptors (Lipinski definition) is 5. The Morgan fingerprint density at radius 3 is 2.56 bits per heavy atom. The van der Waals surface area contributed by atoms with E-state index in [2.05, 4.69) is 20.2 Å². The number of benzene rings is 2. The highest BCUT2D eigenvalue weighted by Crippen LogP contribution is 2.23. The minimum Gasteiger partial charge on any atom is -0.337 e. The highest BCUT2D eigenvalue weighted by Gasteiger charge is 2.26. The van der Waals surface area contributed by atoms with Gasteiger partial charge in [-0.3, -0.25) is 9.78 Å². The van der Waals surface area contributed by atoms with Crippen LogP contribution in [0, 0.1) is 11.7 Å². The SMILES string of the molecule is O=C(c1cnc2ccccc2n1)N1CCC(Cc2n[nH]c(=O)n2-c2ccccc2F)CC1. The number of likely N-dealkylation sites (tertiary alicyclic amines) is 1. The van der Waals surface area contributed by atoms with Gasteiger partial charge in [-0.1, -0.05) is 24.3 Å². The van der Waals surface area contributed by atoms with Gasteiger partial charge in [0.25, 0.3) is 5.91 Å². The largest absolute Gasteiger partial charge is 0.348 e. The van der Waals surface area contributed by atoms with E-state index < -0.39 is 11.5 Å². The second-order valence-electron chi connectivity index (χ2n) is 7.92. The molecule has 8 nitrogen and oxygen atoms in total. The van der Waals surface area contributed by atoms with Crippen LogP contribution in [0.3, 0.4) is 0 Å². The third-order valence-corrected chi connectivity index (χ3v) is 5.88. The molecular formula is C23H21FN6O2. The molecule has 0 radical (unpaired) electrons. The van der Waals surface area contributed by atoms with Crippen LogP contribution in [-0.2, 0) is 6.42 Å². The van der Waals surface area contributed by atoms with Gasteiger partial charge in [0.05, 0.1) is 22.9 Å². The quantitative estimate of drug-likeness (QED) is 0.535. The molecule has 0 atom stereocenters. The number of carbonyl (C=O) groups is 1. The zero-order valence-electron chi connectivity index (χ0n) is 17.2. The van der Waals surface area contributed by atoms with E-state index in [4.69, 9.17) is 0 Å². The molecule has 162 valence electrons. The molecule has 1 fully saturated rings. The van der Waals surface area contributed by atoms with Crippen molar-refractivity contribution >= 4 is 16.9 Å². The molecule has 4 aromatic rings. The van der Waals surface area contributed by atoms with E-state index in [1.54, 1.807) is 23.1 Å². The summed E-state index contributed by atoms with van der Waals surface area (Å²) in [5, 5.41) is 6.54. The summed E-state index contributed by atoms with van der Waals surface area (Å²) in [6.07, 6.45) is 3.55. The monoisotopic (exact) mass is 432 g/mol. The van der Waals surface area contributed by atoms with Crippen LogP contribution in [0.2, 0.25) is 0 Å². The molecule has 0 saturated carbocycles. The number of hydrogen-bond donors (Lipinski definition) is 1. The number of amides is 1. The number of para-hydroxylation sites is 3. The molecule has 9 heteroatoms. The van der Waals surface area contributed by atoms with Crippen molar-refractivity contribution < 1.29 is 9.18 Å². The fourth-order valence-electron chi connectivity index (χ4n) is 4.17. The van der Waals surface area contributed by atoms with Crippen molar-refractivity contribution in [2.75, 3.05) is 13.1 Å². The van der Waals surface area contributed by atoms with Gasteiger partial charge in [0.1, 0.15) is 17.3 Å². The van der Waals surface area contributed by atoms with Crippen molar-refractivity contribution in [1.82, 2.24) is 29.6 Å². The smallest absolute Gasteiger partial charge is 0.337 e. The Kier molecular flexibility index (Phi) is 5.22. The summed E-state index contributed by atoms with van der Waals surface area (Å²) in [7, 11) is 0. The van der Waals surface area contributed by atoms with E-state index >= 15 is 0 Å². The van der Waals surface area contributed by atoms with Crippen molar-refractivity contribution in [3.05, 3.63) is 82.5 Å². The first kappa shape index (κ1) is 20.0. The summed E-state index contributed by atoms with van der Waals surface area (Å²) >= 11 is 0. The molecule has 2 aromatic carbocycles. The third-order valence-electron chi connectivity index (χ3n) is 5.88. The van der Waals surface area contributed by atoms with E-state index in [1.807, 2.05) is 24.3 Å². The van der Waals surface area contributed by atoms with E-state index in [9.17, 15) is 14.0 Å². The van der Waals surface area contributed by atoms with Crippen LogP contribution < -0.4 is 5.69 Å². The number of H-pyrrole nitrogens is 1. The molecule has 1 N–H and O–H groups in total. The van der Waals surface area contributed by atoms with Gasteiger partial charge < -0.3 is 4.90 Å². The Morgan fingerprint density at radius 2 is 1.78 bits per heavy atom. The van der Waals surface area contributed by atoms with Gasteiger partial charge in [0.2, 0.25) is 0 Å². The summed E-state index contributed by atoms with van der Waals surface area (Å²) in [5.74, 6) is 0.103. The molecule has 32 heavy (non-hydrogen) atoms. The second-order valence-corrected chi connectivity index (χ2v) is 7.92. The van der Waals surface area contributed by atoms with E-state index in [1.165, 1.54) is 16.8 Å². The Hall–Kier alpha value is -3.88. The fraction of sp³-hybridized carbons (Fsp3) is 0.261. The van der Waals surface area contributed by atoms with Gasteiger partial charge in [-0.25, -0.2) is 23.8 Å². The predicted octanol–water partition coefficient (Wildman–Crippen LogP) is 2.74. The normalized spacial score (nSPS) is 14.7. The van der Waals surface area contributed by atoms with Crippen molar-refractivity contribution in [3.63, 3.8) is 0 Å². The average Bonchev–Trinajstić information content (AvgIpc) is 3.18. The maximum absolute atomic E-state index is 14.2. The standard InChI is InChI=1S/C23H21FN6O2/c24-16-5-1-4-8-20(16)30-21(27-28-23(30)32)13-15-9-11-29(12-10-15)22(31)19-14-25-17-6-2-3-7-18(17)26-19/h1-8,14-15H,9-13H2,(H,28,32). The summed E-state index contributed by atoms with van der Waals surface area (Å²) in [5.41, 5.74) is 1.50. The number of fused-ring (bicyclic) bond motifs is 1. The van der Waals surface area contributed by atoms with Gasteiger partial charge >= 0.3 is 5.69 Å². The van der Waals surface area contributed by atoms with Gasteiger partial charge in [-0.15, -0.1) is 0 Å². The zero-order chi connectivity index (χ0) is 22.1. The van der Waals surface area contributed by atoms with Gasteiger partial charge in [-0.2, -0.15) is 5.10 Å². The lowest BCUT2D eigenvalue weighted by Gasteiger charge is -2.31. The van der Waals surface area contributed by atoms with E-state index in [0.717, 1.165) is 18.4 Å². The third kappa shape index (κ3) is 3.77. The predicted molar refractivity (Wildman–Crippen MR) is 116 cm³/mol. The summed E-state index contributed by atoms with van der Waals surface area (Å²) < 4.78 is 15.5. The summed E-state index contributed by atoms with van der Waals surface area (Å²) in [6.45, 7) is 1.15. The van der Waals surface area contributed by atoms with Crippen LogP contribution in [0.4, 0.5) is 4.39 Å². The number of nitrogens with one attached hydrogen (secondary N) is 1. The maximum atomic E-state index is 14.2. The Balaban J connectivity index is 1.27. The highest BCUT2D eigenvalue weighted by molar-refractivity contribution is 5.93. The number of aromatic nitrogens is 5. The average molecular weight is 432 g/mol. The molecule has 0 unspecified atom stereocenters. The van der Waals surface area contributed by atoms with Crippen LogP contribution >= 0.6 is 0 Å². The molecule has 2 aromatic heterocycles. The molecule has 5 rings (SSSR count). The van der Waals surface area contributed by atoms with Crippen LogP contribution in [0.25, 0.3) is 16.7 Å². The number of rotatable bonds is 4. The van der Waals surface area contributed by atoms with Crippen LogP contribution in [0.1, 0.15) is 29.2 Å². The minimum atomic E-state index is -0.478. The molecule has 0 bridgehead atoms. The number of halogens is 1. The molecule has 1 aliphatic heterocycles. The number of carbonyl (C=O) groups excluding carboxylic acids is 1. The lowest BCUT2D eigenvalue weighted by atomic mass is 9.93. The van der Waals surface area contributed by atoms with E-state index in [0.29, 0.717) is 36.5 Å². The lowest BCUT2D eigenvalue weighted by molar-refractivity contribution is 0.0683.